The van der Waals surface area contributed by atoms with Crippen molar-refractivity contribution in [3.8, 4) is 0 Å². The molecule has 1 aliphatic heterocycles. The Morgan fingerprint density at radius 1 is 1.62 bits per heavy atom. The van der Waals surface area contributed by atoms with Crippen LogP contribution in [0.25, 0.3) is 0 Å². The second-order valence-electron chi connectivity index (χ2n) is 3.57. The molecule has 0 bridgehead atoms. The average Bonchev–Trinajstić information content (AvgIpc) is 2.99. The van der Waals surface area contributed by atoms with Crippen LogP contribution < -0.4 is 5.32 Å². The molecule has 1 heterocycles. The molecule has 0 spiro atoms. The zero-order valence-corrected chi connectivity index (χ0v) is 8.60. The van der Waals surface area contributed by atoms with E-state index in [1.54, 1.807) is 13.0 Å². The predicted molar refractivity (Wildman–Crippen MR) is 56.2 cm³/mol. The predicted octanol–water partition coefficient (Wildman–Crippen LogP) is 1.24. The van der Waals surface area contributed by atoms with Crippen molar-refractivity contribution in [2.24, 2.45) is 0 Å². The van der Waals surface area contributed by atoms with Gasteiger partial charge in [0.1, 0.15) is 0 Å². The summed E-state index contributed by atoms with van der Waals surface area (Å²) in [6, 6.07) is 4.45. The fourth-order valence-corrected chi connectivity index (χ4v) is 1.36. The van der Waals surface area contributed by atoms with Crippen molar-refractivity contribution in [2.75, 3.05) is 11.9 Å². The summed E-state index contributed by atoms with van der Waals surface area (Å²) in [5.74, 6) is -0.215. The molecule has 0 saturated carbocycles. The number of nitrogens with zero attached hydrogens (tertiary/aromatic N) is 1. The number of ether oxygens (including phenoxy) is 1. The minimum Gasteiger partial charge on any atom is -0.363 e. The molecule has 1 aliphatic rings. The Hall–Kier alpha value is -1.95. The molecular formula is C10H10N2O4. The summed E-state index contributed by atoms with van der Waals surface area (Å²) in [5, 5.41) is 13.2. The van der Waals surface area contributed by atoms with Gasteiger partial charge in [0.05, 0.1) is 11.5 Å². The molecule has 1 amide bonds. The summed E-state index contributed by atoms with van der Waals surface area (Å²) >= 11 is 0. The zero-order chi connectivity index (χ0) is 11.7. The van der Waals surface area contributed by atoms with Gasteiger partial charge in [0.15, 0.2) is 6.10 Å². The molecule has 16 heavy (non-hydrogen) atoms. The van der Waals surface area contributed by atoms with Crippen LogP contribution in [-0.2, 0) is 9.53 Å². The van der Waals surface area contributed by atoms with Crippen molar-refractivity contribution in [2.45, 2.75) is 13.0 Å². The summed E-state index contributed by atoms with van der Waals surface area (Å²) < 4.78 is 4.81. The zero-order valence-electron chi connectivity index (χ0n) is 8.60. The molecule has 1 fully saturated rings. The smallest absolute Gasteiger partial charge is 0.272 e. The first-order valence-electron chi connectivity index (χ1n) is 4.75. The highest BCUT2D eigenvalue weighted by atomic mass is 16.6. The number of epoxide rings is 1. The maximum absolute atomic E-state index is 11.3. The molecule has 1 aromatic carbocycles. The minimum atomic E-state index is -0.453. The summed E-state index contributed by atoms with van der Waals surface area (Å²) in [5.41, 5.74) is 1.10. The lowest BCUT2D eigenvalue weighted by molar-refractivity contribution is -0.385. The van der Waals surface area contributed by atoms with E-state index in [0.29, 0.717) is 17.9 Å². The first kappa shape index (κ1) is 10.6. The summed E-state index contributed by atoms with van der Waals surface area (Å²) in [6.45, 7) is 2.07. The summed E-state index contributed by atoms with van der Waals surface area (Å²) in [6.07, 6.45) is -0.365. The molecule has 0 aromatic heterocycles. The number of carbonyl (C=O) groups excluding carboxylic acids is 1. The number of aryl methyl sites for hydroxylation is 1. The Labute approximate surface area is 91.4 Å². The fourth-order valence-electron chi connectivity index (χ4n) is 1.36. The van der Waals surface area contributed by atoms with Gasteiger partial charge in [0, 0.05) is 17.3 Å². The third-order valence-corrected chi connectivity index (χ3v) is 2.29. The highest BCUT2D eigenvalue weighted by molar-refractivity contribution is 5.95. The lowest BCUT2D eigenvalue weighted by Crippen LogP contribution is -2.17. The summed E-state index contributed by atoms with van der Waals surface area (Å²) in [4.78, 5) is 21.5. The molecule has 6 heteroatoms. The van der Waals surface area contributed by atoms with Crippen LogP contribution in [0, 0.1) is 17.0 Å². The Kier molecular flexibility index (Phi) is 2.57. The van der Waals surface area contributed by atoms with Gasteiger partial charge in [-0.2, -0.15) is 0 Å². The van der Waals surface area contributed by atoms with Gasteiger partial charge in [-0.1, -0.05) is 0 Å². The average molecular weight is 222 g/mol. The number of nitro benzene ring substituents is 1. The van der Waals surface area contributed by atoms with Crippen molar-refractivity contribution in [1.82, 2.24) is 0 Å². The largest absolute Gasteiger partial charge is 0.363 e. The van der Waals surface area contributed by atoms with Crippen molar-refractivity contribution in [1.29, 1.82) is 0 Å². The number of hydrogen-bond donors (Lipinski definition) is 1. The van der Waals surface area contributed by atoms with Gasteiger partial charge in [-0.15, -0.1) is 0 Å². The number of amides is 1. The van der Waals surface area contributed by atoms with E-state index in [4.69, 9.17) is 4.74 Å². The quantitative estimate of drug-likeness (QED) is 0.473. The van der Waals surface area contributed by atoms with Crippen molar-refractivity contribution in [3.05, 3.63) is 33.9 Å². The van der Waals surface area contributed by atoms with Crippen molar-refractivity contribution >= 4 is 17.3 Å². The molecule has 1 unspecified atom stereocenters. The molecule has 0 aliphatic carbocycles. The Bertz CT molecular complexity index is 454. The maximum Gasteiger partial charge on any atom is 0.272 e. The fraction of sp³-hybridized carbons (Fsp3) is 0.300. The van der Waals surface area contributed by atoms with Gasteiger partial charge < -0.3 is 10.1 Å². The van der Waals surface area contributed by atoms with Crippen LogP contribution in [0.1, 0.15) is 5.56 Å². The van der Waals surface area contributed by atoms with Gasteiger partial charge in [-0.3, -0.25) is 14.9 Å². The van der Waals surface area contributed by atoms with Gasteiger partial charge in [0.25, 0.3) is 11.6 Å². The van der Waals surface area contributed by atoms with E-state index in [-0.39, 0.29) is 17.7 Å². The van der Waals surface area contributed by atoms with E-state index in [9.17, 15) is 14.9 Å². The van der Waals surface area contributed by atoms with Gasteiger partial charge in [0.2, 0.25) is 0 Å². The first-order valence-corrected chi connectivity index (χ1v) is 4.75. The van der Waals surface area contributed by atoms with Gasteiger partial charge >= 0.3 is 0 Å². The molecule has 1 saturated heterocycles. The molecule has 84 valence electrons. The van der Waals surface area contributed by atoms with E-state index in [1.807, 2.05) is 0 Å². The Balaban J connectivity index is 2.14. The van der Waals surface area contributed by atoms with E-state index >= 15 is 0 Å². The molecule has 1 atom stereocenters. The highest BCUT2D eigenvalue weighted by Gasteiger charge is 2.31. The number of anilines is 1. The second kappa shape index (κ2) is 3.90. The lowest BCUT2D eigenvalue weighted by atomic mass is 10.2. The molecule has 0 radical (unpaired) electrons. The highest BCUT2D eigenvalue weighted by Crippen LogP contribution is 2.22. The number of benzene rings is 1. The Morgan fingerprint density at radius 3 is 2.81 bits per heavy atom. The number of nitro groups is 1. The van der Waals surface area contributed by atoms with Crippen LogP contribution in [0.5, 0.6) is 0 Å². The van der Waals surface area contributed by atoms with Crippen molar-refractivity contribution in [3.63, 3.8) is 0 Å². The van der Waals surface area contributed by atoms with E-state index in [0.717, 1.165) is 0 Å². The van der Waals surface area contributed by atoms with Gasteiger partial charge in [-0.25, -0.2) is 0 Å². The lowest BCUT2D eigenvalue weighted by Gasteiger charge is -2.04. The van der Waals surface area contributed by atoms with Crippen LogP contribution in [0.2, 0.25) is 0 Å². The topological polar surface area (TPSA) is 84.8 Å². The molecule has 2 rings (SSSR count). The van der Waals surface area contributed by atoms with E-state index in [2.05, 4.69) is 5.32 Å². The second-order valence-corrected chi connectivity index (χ2v) is 3.57. The third-order valence-electron chi connectivity index (χ3n) is 2.29. The molecule has 1 aromatic rings. The standard InChI is InChI=1S/C10H10N2O4/c1-6-4-7(2-3-8(6)12(14)15)11-10(13)9-5-16-9/h2-4,9H,5H2,1H3,(H,11,13). The molecule has 6 nitrogen and oxygen atoms in total. The third kappa shape index (κ3) is 2.17. The van der Waals surface area contributed by atoms with Crippen LogP contribution in [0.15, 0.2) is 18.2 Å². The van der Waals surface area contributed by atoms with Crippen LogP contribution >= 0.6 is 0 Å². The number of rotatable bonds is 3. The van der Waals surface area contributed by atoms with E-state index < -0.39 is 4.92 Å². The minimum absolute atomic E-state index is 0.0423. The van der Waals surface area contributed by atoms with E-state index in [1.165, 1.54) is 12.1 Å². The normalized spacial score (nSPS) is 17.9. The van der Waals surface area contributed by atoms with Crippen LogP contribution in [0.3, 0.4) is 0 Å². The van der Waals surface area contributed by atoms with Crippen LogP contribution in [0.4, 0.5) is 11.4 Å². The molecule has 1 N–H and O–H groups in total. The monoisotopic (exact) mass is 222 g/mol. The number of carbonyl (C=O) groups is 1. The van der Waals surface area contributed by atoms with Gasteiger partial charge in [-0.05, 0) is 19.1 Å². The SMILES string of the molecule is Cc1cc(NC(=O)C2CO2)ccc1[N+](=O)[O-]. The maximum atomic E-state index is 11.3. The van der Waals surface area contributed by atoms with Crippen LogP contribution in [-0.4, -0.2) is 23.5 Å². The number of hydrogen-bond acceptors (Lipinski definition) is 4. The van der Waals surface area contributed by atoms with Crippen molar-refractivity contribution < 1.29 is 14.5 Å². The first-order chi connectivity index (χ1) is 7.58. The summed E-state index contributed by atoms with van der Waals surface area (Å²) in [7, 11) is 0. The Morgan fingerprint density at radius 2 is 2.31 bits per heavy atom. The molecular weight excluding hydrogens is 212 g/mol. The number of nitrogens with one attached hydrogen (secondary N) is 1.